The first-order chi connectivity index (χ1) is 33.0. The fourth-order valence-corrected chi connectivity index (χ4v) is 7.40. The second kappa shape index (κ2) is 16.0. The van der Waals surface area contributed by atoms with Crippen LogP contribution in [0.15, 0.2) is 176 Å². The van der Waals surface area contributed by atoms with Gasteiger partial charge >= 0.3 is 0 Å². The second-order valence-electron chi connectivity index (χ2n) is 14.1. The summed E-state index contributed by atoms with van der Waals surface area (Å²) in [7, 11) is 0. The Labute approximate surface area is 374 Å². The number of aromatic nitrogens is 4. The van der Waals surface area contributed by atoms with Crippen LogP contribution in [0, 0.1) is 24.4 Å². The van der Waals surface area contributed by atoms with Gasteiger partial charge in [0.15, 0.2) is 0 Å². The van der Waals surface area contributed by atoms with Gasteiger partial charge in [0, 0.05) is 45.6 Å². The maximum absolute atomic E-state index is 9.12. The summed E-state index contributed by atoms with van der Waals surface area (Å²) in [6.07, 6.45) is 5.12. The molecule has 7 aromatic carbocycles. The van der Waals surface area contributed by atoms with E-state index < -0.39 is 66.3 Å². The van der Waals surface area contributed by atoms with E-state index in [-0.39, 0.29) is 54.9 Å². The molecule has 0 bridgehead atoms. The van der Waals surface area contributed by atoms with E-state index in [0.29, 0.717) is 34.0 Å². The molecule has 1 atom stereocenters. The van der Waals surface area contributed by atoms with Gasteiger partial charge in [0.2, 0.25) is 0 Å². The minimum absolute atomic E-state index is 0. The van der Waals surface area contributed by atoms with Crippen LogP contribution in [0.25, 0.3) is 72.3 Å². The molecular formula is C53H40N4OPt-2. The molecule has 0 N–H and O–H groups in total. The Balaban J connectivity index is 0.00000608. The van der Waals surface area contributed by atoms with Gasteiger partial charge in [-0.15, -0.1) is 29.7 Å². The maximum Gasteiger partial charge on any atom is 0.268 e. The van der Waals surface area contributed by atoms with Crippen molar-refractivity contribution in [2.24, 2.45) is 5.92 Å². The Morgan fingerprint density at radius 3 is 2.07 bits per heavy atom. The van der Waals surface area contributed by atoms with Gasteiger partial charge in [-0.3, -0.25) is 4.57 Å². The van der Waals surface area contributed by atoms with Gasteiger partial charge in [-0.05, 0) is 68.9 Å². The standard InChI is InChI=1S/C53H40N4O.Pt/c1-36(2)37(3)40-30-31-54-52(32-40)57-48-25-11-10-22-46(48)47-29-28-43(34-51(47)57)58-42-21-14-20-41(33-42)55-35-56(50-27-13-12-26-49(50)55)53-44(38-16-6-4-7-17-38)23-15-24-45(53)39-18-8-5-9-19-39;/h4-32,36-37H,1-3H3;/q-2;/i4D,5D,6D,7D,8D,9D,16D,17D,18D,19D,37D;. The number of hydrogen-bond donors (Lipinski definition) is 0. The molecule has 10 rings (SSSR count). The van der Waals surface area contributed by atoms with E-state index in [2.05, 4.69) is 18.5 Å². The molecule has 0 spiro atoms. The minimum Gasteiger partial charge on any atom is -0.510 e. The van der Waals surface area contributed by atoms with Crippen molar-refractivity contribution in [3.63, 3.8) is 0 Å². The van der Waals surface area contributed by atoms with Crippen molar-refractivity contribution in [1.29, 1.82) is 0 Å². The third-order valence-corrected chi connectivity index (χ3v) is 10.4. The van der Waals surface area contributed by atoms with Gasteiger partial charge in [-0.25, -0.2) is 4.98 Å². The Kier molecular flexibility index (Phi) is 7.38. The number of para-hydroxylation sites is 4. The first-order valence-electron chi connectivity index (χ1n) is 24.3. The van der Waals surface area contributed by atoms with Gasteiger partial charge in [0.25, 0.3) is 6.33 Å². The summed E-state index contributed by atoms with van der Waals surface area (Å²) >= 11 is 0. The van der Waals surface area contributed by atoms with Gasteiger partial charge < -0.3 is 13.9 Å². The number of imidazole rings is 1. The van der Waals surface area contributed by atoms with E-state index in [0.717, 1.165) is 27.4 Å². The molecule has 0 radical (unpaired) electrons. The monoisotopic (exact) mass is 954 g/mol. The van der Waals surface area contributed by atoms with E-state index in [9.17, 15) is 0 Å². The average Bonchev–Trinajstić information content (AvgIpc) is 3.90. The van der Waals surface area contributed by atoms with Crippen LogP contribution in [-0.2, 0) is 21.1 Å². The number of ether oxygens (including phenoxy) is 1. The normalized spacial score (nSPS) is 15.1. The van der Waals surface area contributed by atoms with E-state index in [4.69, 9.17) is 24.8 Å². The zero-order valence-corrected chi connectivity index (χ0v) is 34.3. The summed E-state index contributed by atoms with van der Waals surface area (Å²) < 4.78 is 108. The summed E-state index contributed by atoms with van der Waals surface area (Å²) in [5.41, 5.74) is 4.23. The van der Waals surface area contributed by atoms with Crippen LogP contribution < -0.4 is 9.30 Å². The van der Waals surface area contributed by atoms with Crippen LogP contribution in [0.3, 0.4) is 0 Å². The molecule has 0 saturated heterocycles. The van der Waals surface area contributed by atoms with E-state index in [1.807, 2.05) is 86.0 Å². The molecule has 0 fully saturated rings. The van der Waals surface area contributed by atoms with Gasteiger partial charge in [0.05, 0.1) is 30.4 Å². The maximum atomic E-state index is 9.12. The molecule has 0 saturated carbocycles. The van der Waals surface area contributed by atoms with Crippen molar-refractivity contribution >= 4 is 32.8 Å². The van der Waals surface area contributed by atoms with Crippen molar-refractivity contribution in [3.8, 4) is 50.9 Å². The van der Waals surface area contributed by atoms with Crippen molar-refractivity contribution in [3.05, 3.63) is 200 Å². The van der Waals surface area contributed by atoms with Crippen LogP contribution >= 0.6 is 0 Å². The Morgan fingerprint density at radius 2 is 1.34 bits per heavy atom. The predicted molar refractivity (Wildman–Crippen MR) is 234 cm³/mol. The zero-order valence-electron chi connectivity index (χ0n) is 43.1. The molecule has 290 valence electrons. The smallest absolute Gasteiger partial charge is 0.268 e. The first-order valence-corrected chi connectivity index (χ1v) is 18.8. The summed E-state index contributed by atoms with van der Waals surface area (Å²) in [6, 6.07) is 34.6. The Hall–Kier alpha value is -6.55. The van der Waals surface area contributed by atoms with Crippen LogP contribution in [0.5, 0.6) is 11.5 Å². The molecular weight excluding hydrogens is 904 g/mol. The molecule has 0 amide bonds. The van der Waals surface area contributed by atoms with Crippen LogP contribution in [0.1, 0.15) is 47.3 Å². The molecule has 59 heavy (non-hydrogen) atoms. The number of pyridine rings is 1. The third kappa shape index (κ3) is 6.96. The van der Waals surface area contributed by atoms with Crippen molar-refractivity contribution in [2.45, 2.75) is 26.7 Å². The number of nitrogens with zero attached hydrogens (tertiary/aromatic N) is 4. The third-order valence-electron chi connectivity index (χ3n) is 10.4. The second-order valence-corrected chi connectivity index (χ2v) is 14.1. The fraction of sp³-hybridized carbons (Fsp3) is 0.0943. The largest absolute Gasteiger partial charge is 0.510 e. The number of fused-ring (bicyclic) bond motifs is 4. The zero-order chi connectivity index (χ0) is 48.8. The fourth-order valence-electron chi connectivity index (χ4n) is 7.40. The van der Waals surface area contributed by atoms with Gasteiger partial charge in [0.1, 0.15) is 5.82 Å². The van der Waals surface area contributed by atoms with E-state index in [1.54, 1.807) is 63.9 Å². The first kappa shape index (κ1) is 27.2. The summed E-state index contributed by atoms with van der Waals surface area (Å²) in [6.45, 7) is 5.97. The molecule has 1 unspecified atom stereocenters. The summed E-state index contributed by atoms with van der Waals surface area (Å²) in [5.74, 6) is 0.585. The summed E-state index contributed by atoms with van der Waals surface area (Å²) in [5, 5.41) is 1.94. The predicted octanol–water partition coefficient (Wildman–Crippen LogP) is 12.7. The summed E-state index contributed by atoms with van der Waals surface area (Å²) in [4.78, 5) is 4.77. The molecule has 0 aliphatic rings. The Bertz CT molecular complexity index is 3610. The van der Waals surface area contributed by atoms with E-state index >= 15 is 0 Å². The number of rotatable bonds is 9. The molecule has 0 aliphatic heterocycles. The molecule has 5 nitrogen and oxygen atoms in total. The topological polar surface area (TPSA) is 35.9 Å². The van der Waals surface area contributed by atoms with Crippen molar-refractivity contribution < 1.29 is 45.4 Å². The van der Waals surface area contributed by atoms with Crippen LogP contribution in [0.2, 0.25) is 0 Å². The molecule has 0 aliphatic carbocycles. The number of hydrogen-bond acceptors (Lipinski definition) is 2. The molecule has 3 aromatic heterocycles. The Morgan fingerprint density at radius 1 is 0.678 bits per heavy atom. The molecule has 10 aromatic rings. The van der Waals surface area contributed by atoms with Crippen molar-refractivity contribution in [1.82, 2.24) is 14.1 Å². The quantitative estimate of drug-likeness (QED) is 0.107. The van der Waals surface area contributed by atoms with E-state index in [1.165, 1.54) is 0 Å². The van der Waals surface area contributed by atoms with Gasteiger partial charge in [-0.1, -0.05) is 147 Å². The minimum atomic E-state index is -0.850. The molecule has 3 heterocycles. The molecule has 6 heteroatoms. The van der Waals surface area contributed by atoms with Crippen LogP contribution in [0.4, 0.5) is 0 Å². The number of benzene rings is 7. The van der Waals surface area contributed by atoms with Crippen LogP contribution in [-0.4, -0.2) is 14.1 Å². The van der Waals surface area contributed by atoms with Gasteiger partial charge in [-0.2, -0.15) is 18.2 Å². The van der Waals surface area contributed by atoms with Crippen molar-refractivity contribution in [2.75, 3.05) is 0 Å². The average molecular weight is 955 g/mol. The SMILES string of the molecule is [2H]c1c([2H])c([2H])c(-c2cccc(-c3c([2H])c([2H])c([2H])c([2H])c3[2H])c2-[n+]2[c-]n(-c3[c-]c(Oc4[c-]c5c(cc4)c4ccccc4n5-c4cc(C([2H])(C)C(C)C)ccn4)ccc3)c3ccccc32)c([2H])c1[2H].[Pt].